The van der Waals surface area contributed by atoms with Gasteiger partial charge in [-0.3, -0.25) is 0 Å². The Kier molecular flexibility index (Phi) is 3.32. The number of morpholine rings is 1. The van der Waals surface area contributed by atoms with Crippen LogP contribution < -0.4 is 4.90 Å². The van der Waals surface area contributed by atoms with Crippen molar-refractivity contribution >= 4 is 5.88 Å². The fraction of sp³-hybridized carbons (Fsp3) is 0.412. The van der Waals surface area contributed by atoms with Gasteiger partial charge in [0.2, 0.25) is 17.5 Å². The van der Waals surface area contributed by atoms with Crippen LogP contribution in [-0.2, 0) is 4.74 Å². The maximum absolute atomic E-state index is 9.32. The molecule has 22 heavy (non-hydrogen) atoms. The van der Waals surface area contributed by atoms with Gasteiger partial charge in [0.25, 0.3) is 0 Å². The molecule has 1 saturated carbocycles. The molecule has 5 heteroatoms. The van der Waals surface area contributed by atoms with Gasteiger partial charge in [-0.05, 0) is 17.9 Å². The van der Waals surface area contributed by atoms with Gasteiger partial charge in [-0.25, -0.2) is 4.98 Å². The average Bonchev–Trinajstić information content (AvgIpc) is 3.28. The third kappa shape index (κ3) is 2.36. The monoisotopic (exact) mass is 295 g/mol. The topological polar surface area (TPSA) is 62.3 Å². The molecule has 1 aliphatic carbocycles. The van der Waals surface area contributed by atoms with Crippen LogP contribution in [0, 0.1) is 11.3 Å². The molecule has 2 heterocycles. The first kappa shape index (κ1) is 13.4. The molecule has 4 rings (SSSR count). The number of oxazole rings is 1. The van der Waals surface area contributed by atoms with E-state index >= 15 is 0 Å². The fourth-order valence-corrected chi connectivity index (χ4v) is 3.08. The largest absolute Gasteiger partial charge is 0.423 e. The van der Waals surface area contributed by atoms with E-state index < -0.39 is 0 Å². The van der Waals surface area contributed by atoms with E-state index in [4.69, 9.17) is 9.15 Å². The summed E-state index contributed by atoms with van der Waals surface area (Å²) >= 11 is 0. The highest BCUT2D eigenvalue weighted by atomic mass is 16.5. The third-order valence-electron chi connectivity index (χ3n) is 4.37. The molecule has 1 aliphatic heterocycles. The van der Waals surface area contributed by atoms with Crippen LogP contribution in [-0.4, -0.2) is 31.3 Å². The number of nitrogens with zero attached hydrogens (tertiary/aromatic N) is 3. The van der Waals surface area contributed by atoms with Gasteiger partial charge in [-0.15, -0.1) is 0 Å². The molecular formula is C17H17N3O2. The van der Waals surface area contributed by atoms with Gasteiger partial charge in [0.1, 0.15) is 6.07 Å². The quantitative estimate of drug-likeness (QED) is 0.871. The molecule has 1 aromatic heterocycles. The summed E-state index contributed by atoms with van der Waals surface area (Å²) in [5, 5.41) is 9.32. The smallest absolute Gasteiger partial charge is 0.234 e. The zero-order valence-electron chi connectivity index (χ0n) is 12.2. The highest BCUT2D eigenvalue weighted by molar-refractivity contribution is 5.49. The number of benzene rings is 1. The van der Waals surface area contributed by atoms with Gasteiger partial charge in [-0.1, -0.05) is 30.3 Å². The van der Waals surface area contributed by atoms with Gasteiger partial charge in [0.05, 0.1) is 13.2 Å². The lowest BCUT2D eigenvalue weighted by Gasteiger charge is -2.26. The van der Waals surface area contributed by atoms with E-state index in [0.717, 1.165) is 19.5 Å². The Morgan fingerprint density at radius 2 is 1.91 bits per heavy atom. The van der Waals surface area contributed by atoms with E-state index in [1.807, 2.05) is 6.07 Å². The second-order valence-electron chi connectivity index (χ2n) is 5.78. The van der Waals surface area contributed by atoms with Crippen molar-refractivity contribution in [2.75, 3.05) is 31.2 Å². The van der Waals surface area contributed by atoms with Crippen LogP contribution in [0.2, 0.25) is 0 Å². The molecule has 1 aromatic carbocycles. The minimum atomic E-state index is 0.296. The number of aromatic nitrogens is 1. The van der Waals surface area contributed by atoms with Gasteiger partial charge >= 0.3 is 0 Å². The van der Waals surface area contributed by atoms with Crippen LogP contribution in [0.4, 0.5) is 5.88 Å². The lowest BCUT2D eigenvalue weighted by molar-refractivity contribution is 0.120. The van der Waals surface area contributed by atoms with Gasteiger partial charge in [-0.2, -0.15) is 5.26 Å². The average molecular weight is 295 g/mol. The Morgan fingerprint density at radius 1 is 1.14 bits per heavy atom. The number of hydrogen-bond acceptors (Lipinski definition) is 5. The predicted molar refractivity (Wildman–Crippen MR) is 80.8 cm³/mol. The van der Waals surface area contributed by atoms with Crippen LogP contribution in [0.15, 0.2) is 34.7 Å². The normalized spacial score (nSPS) is 24.0. The van der Waals surface area contributed by atoms with E-state index in [0.29, 0.717) is 42.5 Å². The van der Waals surface area contributed by atoms with E-state index in [2.05, 4.69) is 40.2 Å². The molecule has 2 atom stereocenters. The molecule has 0 amide bonds. The Hall–Kier alpha value is -2.32. The molecule has 0 N–H and O–H groups in total. The lowest BCUT2D eigenvalue weighted by atomic mass is 10.1. The molecule has 2 aliphatic rings. The second-order valence-corrected chi connectivity index (χ2v) is 5.78. The number of ether oxygens (including phenoxy) is 1. The summed E-state index contributed by atoms with van der Waals surface area (Å²) in [6.45, 7) is 2.82. The Labute approximate surface area is 129 Å². The predicted octanol–water partition coefficient (Wildman–Crippen LogP) is 2.65. The van der Waals surface area contributed by atoms with Crippen molar-refractivity contribution in [2.45, 2.75) is 18.3 Å². The Bertz CT molecular complexity index is 698. The minimum absolute atomic E-state index is 0.296. The van der Waals surface area contributed by atoms with Gasteiger partial charge in [0.15, 0.2) is 0 Å². The van der Waals surface area contributed by atoms with Gasteiger partial charge in [0, 0.05) is 19.0 Å². The summed E-state index contributed by atoms with van der Waals surface area (Å²) in [6.07, 6.45) is 1.04. The molecule has 5 nitrogen and oxygen atoms in total. The second kappa shape index (κ2) is 5.47. The van der Waals surface area contributed by atoms with Crippen molar-refractivity contribution in [3.63, 3.8) is 0 Å². The molecular weight excluding hydrogens is 278 g/mol. The van der Waals surface area contributed by atoms with E-state index in [1.165, 1.54) is 5.56 Å². The van der Waals surface area contributed by atoms with E-state index in [9.17, 15) is 5.26 Å². The summed E-state index contributed by atoms with van der Waals surface area (Å²) in [5.74, 6) is 2.07. The fourth-order valence-electron chi connectivity index (χ4n) is 3.08. The van der Waals surface area contributed by atoms with Crippen molar-refractivity contribution in [3.8, 4) is 6.07 Å². The number of hydrogen-bond donors (Lipinski definition) is 0. The maximum Gasteiger partial charge on any atom is 0.234 e. The highest BCUT2D eigenvalue weighted by Gasteiger charge is 2.44. The highest BCUT2D eigenvalue weighted by Crippen LogP contribution is 2.54. The minimum Gasteiger partial charge on any atom is -0.423 e. The third-order valence-corrected chi connectivity index (χ3v) is 4.37. The van der Waals surface area contributed by atoms with Crippen LogP contribution >= 0.6 is 0 Å². The summed E-state index contributed by atoms with van der Waals surface area (Å²) in [5.41, 5.74) is 1.72. The van der Waals surface area contributed by atoms with Crippen molar-refractivity contribution < 1.29 is 9.15 Å². The maximum atomic E-state index is 9.32. The van der Waals surface area contributed by atoms with Crippen LogP contribution in [0.1, 0.15) is 35.4 Å². The van der Waals surface area contributed by atoms with Crippen LogP contribution in [0.5, 0.6) is 0 Å². The number of nitriles is 1. The first-order chi connectivity index (χ1) is 10.9. The standard InChI is InChI=1S/C17H17N3O2/c18-11-15-17(20-6-8-21-9-7-20)22-16(19-15)14-10-13(14)12-4-2-1-3-5-12/h1-5,13-14H,6-10H2. The SMILES string of the molecule is N#Cc1nc(C2CC2c2ccccc2)oc1N1CCOCC1. The zero-order chi connectivity index (χ0) is 14.9. The number of anilines is 1. The van der Waals surface area contributed by atoms with E-state index in [-0.39, 0.29) is 0 Å². The van der Waals surface area contributed by atoms with Crippen molar-refractivity contribution in [1.29, 1.82) is 5.26 Å². The lowest BCUT2D eigenvalue weighted by Crippen LogP contribution is -2.36. The molecule has 2 aromatic rings. The molecule has 112 valence electrons. The zero-order valence-corrected chi connectivity index (χ0v) is 12.2. The number of rotatable bonds is 3. The van der Waals surface area contributed by atoms with Crippen molar-refractivity contribution in [3.05, 3.63) is 47.5 Å². The molecule has 0 radical (unpaired) electrons. The van der Waals surface area contributed by atoms with Crippen molar-refractivity contribution in [1.82, 2.24) is 4.98 Å². The van der Waals surface area contributed by atoms with Crippen LogP contribution in [0.3, 0.4) is 0 Å². The Morgan fingerprint density at radius 3 is 2.64 bits per heavy atom. The Balaban J connectivity index is 1.57. The molecule has 0 spiro atoms. The van der Waals surface area contributed by atoms with E-state index in [1.54, 1.807) is 0 Å². The first-order valence-corrected chi connectivity index (χ1v) is 7.65. The van der Waals surface area contributed by atoms with Gasteiger partial charge < -0.3 is 14.1 Å². The molecule has 2 fully saturated rings. The summed E-state index contributed by atoms with van der Waals surface area (Å²) in [4.78, 5) is 6.49. The first-order valence-electron chi connectivity index (χ1n) is 7.65. The van der Waals surface area contributed by atoms with Crippen LogP contribution in [0.25, 0.3) is 0 Å². The molecule has 0 bridgehead atoms. The molecule has 1 saturated heterocycles. The summed E-state index contributed by atoms with van der Waals surface area (Å²) in [7, 11) is 0. The molecule has 2 unspecified atom stereocenters. The summed E-state index contributed by atoms with van der Waals surface area (Å²) < 4.78 is 11.3. The van der Waals surface area contributed by atoms with Crippen molar-refractivity contribution in [2.24, 2.45) is 0 Å². The summed E-state index contributed by atoms with van der Waals surface area (Å²) in [6, 6.07) is 12.6.